The van der Waals surface area contributed by atoms with Crippen LogP contribution in [-0.2, 0) is 6.54 Å². The molecule has 0 saturated heterocycles. The van der Waals surface area contributed by atoms with Gasteiger partial charge in [-0.1, -0.05) is 18.2 Å². The van der Waals surface area contributed by atoms with Crippen LogP contribution >= 0.6 is 0 Å². The predicted octanol–water partition coefficient (Wildman–Crippen LogP) is 3.42. The van der Waals surface area contributed by atoms with Crippen LogP contribution in [0.15, 0.2) is 70.1 Å². The van der Waals surface area contributed by atoms with Gasteiger partial charge in [0.05, 0.1) is 22.9 Å². The molecule has 0 aliphatic heterocycles. The van der Waals surface area contributed by atoms with E-state index < -0.39 is 0 Å². The molecule has 2 aromatic carbocycles. The van der Waals surface area contributed by atoms with E-state index in [1.165, 1.54) is 5.56 Å². The Balaban J connectivity index is 1.85. The molecule has 0 aliphatic rings. The van der Waals surface area contributed by atoms with Crippen LogP contribution in [0.2, 0.25) is 0 Å². The highest BCUT2D eigenvalue weighted by atomic mass is 16.3. The minimum atomic E-state index is -0.0397. The molecule has 0 saturated carbocycles. The number of quaternary nitrogens is 1. The zero-order valence-electron chi connectivity index (χ0n) is 16.3. The van der Waals surface area contributed by atoms with Crippen molar-refractivity contribution in [2.45, 2.75) is 33.4 Å². The molecule has 0 spiro atoms. The Kier molecular flexibility index (Phi) is 4.84. The minimum absolute atomic E-state index is 0.0241. The van der Waals surface area contributed by atoms with Gasteiger partial charge >= 0.3 is 0 Å². The standard InChI is InChI=1S/C23H23N3O2/c1-15-10-11-18(13-16(15)2)26-22(17(3)24-14-19-7-6-12-28-19)25-21-9-5-4-8-20(21)23(26)27/h4-13,17,24H,14H2,1-3H3/p+1/t17-/m1/s1. The average molecular weight is 374 g/mol. The second-order valence-corrected chi connectivity index (χ2v) is 7.20. The van der Waals surface area contributed by atoms with E-state index in [1.54, 1.807) is 10.8 Å². The van der Waals surface area contributed by atoms with Crippen molar-refractivity contribution in [1.82, 2.24) is 9.55 Å². The van der Waals surface area contributed by atoms with Gasteiger partial charge in [-0.3, -0.25) is 9.36 Å². The number of furan rings is 1. The lowest BCUT2D eigenvalue weighted by molar-refractivity contribution is -0.710. The fourth-order valence-corrected chi connectivity index (χ4v) is 3.40. The summed E-state index contributed by atoms with van der Waals surface area (Å²) in [5, 5.41) is 2.76. The van der Waals surface area contributed by atoms with Gasteiger partial charge in [-0.15, -0.1) is 0 Å². The van der Waals surface area contributed by atoms with Gasteiger partial charge in [-0.25, -0.2) is 4.98 Å². The quantitative estimate of drug-likeness (QED) is 0.582. The molecule has 4 rings (SSSR count). The van der Waals surface area contributed by atoms with Crippen molar-refractivity contribution in [2.24, 2.45) is 0 Å². The molecule has 142 valence electrons. The first-order chi connectivity index (χ1) is 13.5. The zero-order valence-corrected chi connectivity index (χ0v) is 16.3. The van der Waals surface area contributed by atoms with E-state index in [4.69, 9.17) is 9.40 Å². The normalized spacial score (nSPS) is 12.4. The monoisotopic (exact) mass is 374 g/mol. The highest BCUT2D eigenvalue weighted by Crippen LogP contribution is 2.18. The number of benzene rings is 2. The van der Waals surface area contributed by atoms with E-state index in [2.05, 4.69) is 32.2 Å². The number of aryl methyl sites for hydroxylation is 2. The van der Waals surface area contributed by atoms with Gasteiger partial charge in [0.25, 0.3) is 5.56 Å². The third-order valence-electron chi connectivity index (χ3n) is 5.21. The lowest BCUT2D eigenvalue weighted by Gasteiger charge is -2.18. The number of nitrogens with two attached hydrogens (primary N) is 1. The first-order valence-electron chi connectivity index (χ1n) is 9.49. The second-order valence-electron chi connectivity index (χ2n) is 7.20. The van der Waals surface area contributed by atoms with Crippen LogP contribution < -0.4 is 10.9 Å². The van der Waals surface area contributed by atoms with Gasteiger partial charge in [-0.2, -0.15) is 0 Å². The Morgan fingerprint density at radius 3 is 2.64 bits per heavy atom. The third kappa shape index (κ3) is 3.37. The fraction of sp³-hybridized carbons (Fsp3) is 0.217. The topological polar surface area (TPSA) is 64.6 Å². The summed E-state index contributed by atoms with van der Waals surface area (Å²) in [6.45, 7) is 6.88. The molecule has 0 aliphatic carbocycles. The van der Waals surface area contributed by atoms with E-state index in [0.29, 0.717) is 11.9 Å². The highest BCUT2D eigenvalue weighted by molar-refractivity contribution is 5.77. The first kappa shape index (κ1) is 18.2. The first-order valence-corrected chi connectivity index (χ1v) is 9.49. The third-order valence-corrected chi connectivity index (χ3v) is 5.21. The van der Waals surface area contributed by atoms with Crippen LogP contribution in [0.25, 0.3) is 16.6 Å². The van der Waals surface area contributed by atoms with Crippen molar-refractivity contribution in [3.05, 3.63) is 93.9 Å². The average Bonchev–Trinajstić information content (AvgIpc) is 3.22. The summed E-state index contributed by atoms with van der Waals surface area (Å²) in [4.78, 5) is 18.2. The smallest absolute Gasteiger partial charge is 0.266 e. The minimum Gasteiger partial charge on any atom is -0.463 e. The van der Waals surface area contributed by atoms with Crippen molar-refractivity contribution in [3.63, 3.8) is 0 Å². The Bertz CT molecular complexity index is 1180. The Hall–Kier alpha value is -3.18. The largest absolute Gasteiger partial charge is 0.463 e. The van der Waals surface area contributed by atoms with E-state index in [-0.39, 0.29) is 11.6 Å². The Morgan fingerprint density at radius 1 is 1.07 bits per heavy atom. The van der Waals surface area contributed by atoms with Crippen molar-refractivity contribution in [2.75, 3.05) is 0 Å². The number of fused-ring (bicyclic) bond motifs is 1. The molecule has 2 N–H and O–H groups in total. The van der Waals surface area contributed by atoms with Gasteiger partial charge in [0, 0.05) is 0 Å². The van der Waals surface area contributed by atoms with Crippen LogP contribution in [0.1, 0.15) is 35.7 Å². The molecular weight excluding hydrogens is 350 g/mol. The van der Waals surface area contributed by atoms with Gasteiger partial charge in [-0.05, 0) is 68.3 Å². The number of para-hydroxylation sites is 1. The molecule has 0 amide bonds. The number of hydrogen-bond acceptors (Lipinski definition) is 3. The van der Waals surface area contributed by atoms with E-state index >= 15 is 0 Å². The van der Waals surface area contributed by atoms with Gasteiger partial charge in [0.2, 0.25) is 0 Å². The van der Waals surface area contributed by atoms with Gasteiger partial charge in [0.1, 0.15) is 12.6 Å². The summed E-state index contributed by atoms with van der Waals surface area (Å²) < 4.78 is 7.19. The van der Waals surface area contributed by atoms with E-state index in [0.717, 1.165) is 28.4 Å². The maximum Gasteiger partial charge on any atom is 0.266 e. The van der Waals surface area contributed by atoms with Crippen LogP contribution in [0.3, 0.4) is 0 Å². The molecule has 28 heavy (non-hydrogen) atoms. The fourth-order valence-electron chi connectivity index (χ4n) is 3.40. The van der Waals surface area contributed by atoms with Gasteiger partial charge < -0.3 is 9.73 Å². The molecular formula is C23H24N3O2+. The van der Waals surface area contributed by atoms with Crippen LogP contribution in [-0.4, -0.2) is 9.55 Å². The molecule has 0 bridgehead atoms. The molecule has 0 radical (unpaired) electrons. The number of nitrogens with zero attached hydrogens (tertiary/aromatic N) is 2. The molecule has 0 unspecified atom stereocenters. The molecule has 5 heteroatoms. The number of hydrogen-bond donors (Lipinski definition) is 1. The molecule has 2 heterocycles. The lowest BCUT2D eigenvalue weighted by Crippen LogP contribution is -2.83. The summed E-state index contributed by atoms with van der Waals surface area (Å²) in [6, 6.07) is 17.4. The Morgan fingerprint density at radius 2 is 1.89 bits per heavy atom. The molecule has 1 atom stereocenters. The summed E-state index contributed by atoms with van der Waals surface area (Å²) >= 11 is 0. The zero-order chi connectivity index (χ0) is 19.7. The number of aromatic nitrogens is 2. The highest BCUT2D eigenvalue weighted by Gasteiger charge is 2.20. The molecule has 0 fully saturated rings. The van der Waals surface area contributed by atoms with Crippen molar-refractivity contribution < 1.29 is 9.73 Å². The van der Waals surface area contributed by atoms with Crippen molar-refractivity contribution >= 4 is 10.9 Å². The molecule has 2 aromatic heterocycles. The number of rotatable bonds is 5. The van der Waals surface area contributed by atoms with Crippen molar-refractivity contribution in [1.29, 1.82) is 0 Å². The predicted molar refractivity (Wildman–Crippen MR) is 110 cm³/mol. The van der Waals surface area contributed by atoms with E-state index in [1.807, 2.05) is 48.5 Å². The maximum absolute atomic E-state index is 13.4. The van der Waals surface area contributed by atoms with Crippen LogP contribution in [0.4, 0.5) is 0 Å². The van der Waals surface area contributed by atoms with Crippen LogP contribution in [0.5, 0.6) is 0 Å². The summed E-state index contributed by atoms with van der Waals surface area (Å²) in [7, 11) is 0. The van der Waals surface area contributed by atoms with Crippen molar-refractivity contribution in [3.8, 4) is 5.69 Å². The lowest BCUT2D eigenvalue weighted by atomic mass is 10.1. The Labute approximate surface area is 163 Å². The molecule has 4 aromatic rings. The summed E-state index contributed by atoms with van der Waals surface area (Å²) in [5.74, 6) is 1.63. The molecule has 5 nitrogen and oxygen atoms in total. The SMILES string of the molecule is Cc1ccc(-n2c([C@@H](C)[NH2+]Cc3ccco3)nc3ccccc3c2=O)cc1C. The summed E-state index contributed by atoms with van der Waals surface area (Å²) in [6.07, 6.45) is 1.67. The maximum atomic E-state index is 13.4. The van der Waals surface area contributed by atoms with Gasteiger partial charge in [0.15, 0.2) is 11.6 Å². The summed E-state index contributed by atoms with van der Waals surface area (Å²) in [5.41, 5.74) is 3.88. The van der Waals surface area contributed by atoms with Crippen LogP contribution in [0, 0.1) is 13.8 Å². The second kappa shape index (κ2) is 7.44. The van der Waals surface area contributed by atoms with E-state index in [9.17, 15) is 4.79 Å².